The van der Waals surface area contributed by atoms with Gasteiger partial charge in [-0.25, -0.2) is 0 Å². The van der Waals surface area contributed by atoms with Gasteiger partial charge < -0.3 is 4.74 Å². The van der Waals surface area contributed by atoms with Crippen LogP contribution in [0.1, 0.15) is 30.6 Å². The molecule has 1 aromatic rings. The average Bonchev–Trinajstić information content (AvgIpc) is 2.20. The maximum Gasteiger partial charge on any atom is 0.313 e. The van der Waals surface area contributed by atoms with Crippen LogP contribution in [0.2, 0.25) is 10.0 Å². The lowest BCUT2D eigenvalue weighted by molar-refractivity contribution is -0.146. The minimum Gasteiger partial charge on any atom is -0.463 e. The van der Waals surface area contributed by atoms with Gasteiger partial charge in [0.25, 0.3) is 0 Å². The average molecular weight is 275 g/mol. The highest BCUT2D eigenvalue weighted by Crippen LogP contribution is 2.26. The van der Waals surface area contributed by atoms with E-state index in [2.05, 4.69) is 0 Å². The molecule has 0 aliphatic rings. The molecular weight excluding hydrogens is 263 g/mol. The highest BCUT2D eigenvalue weighted by molar-refractivity contribution is 6.44. The van der Waals surface area contributed by atoms with Gasteiger partial charge in [-0.3, -0.25) is 9.59 Å². The number of hydrogen-bond donors (Lipinski definition) is 0. The van der Waals surface area contributed by atoms with E-state index in [0.29, 0.717) is 0 Å². The molecular formula is C12H12Cl2O3. The molecule has 1 rings (SSSR count). The van der Waals surface area contributed by atoms with E-state index >= 15 is 0 Å². The van der Waals surface area contributed by atoms with Crippen LogP contribution in [0, 0.1) is 0 Å². The predicted molar refractivity (Wildman–Crippen MR) is 66.6 cm³/mol. The number of esters is 1. The molecule has 5 heteroatoms. The zero-order valence-electron chi connectivity index (χ0n) is 9.50. The molecule has 0 bridgehead atoms. The summed E-state index contributed by atoms with van der Waals surface area (Å²) in [5.74, 6) is -0.968. The zero-order chi connectivity index (χ0) is 13.0. The Morgan fingerprint density at radius 1 is 1.29 bits per heavy atom. The van der Waals surface area contributed by atoms with Crippen LogP contribution in [0.25, 0.3) is 0 Å². The molecule has 0 saturated carbocycles. The van der Waals surface area contributed by atoms with Gasteiger partial charge in [-0.15, -0.1) is 0 Å². The first-order chi connectivity index (χ1) is 7.91. The summed E-state index contributed by atoms with van der Waals surface area (Å²) in [4.78, 5) is 23.1. The van der Waals surface area contributed by atoms with Crippen LogP contribution in [-0.4, -0.2) is 17.9 Å². The first-order valence-corrected chi connectivity index (χ1v) is 5.84. The number of carbonyl (C=O) groups excluding carboxylic acids is 2. The zero-order valence-corrected chi connectivity index (χ0v) is 11.0. The first-order valence-electron chi connectivity index (χ1n) is 5.08. The van der Waals surface area contributed by atoms with Crippen LogP contribution in [-0.2, 0) is 9.53 Å². The Labute approximate surface area is 110 Å². The molecule has 0 amide bonds. The van der Waals surface area contributed by atoms with Gasteiger partial charge in [0.2, 0.25) is 0 Å². The summed E-state index contributed by atoms with van der Waals surface area (Å²) in [5, 5.41) is 0.450. The van der Waals surface area contributed by atoms with E-state index in [4.69, 9.17) is 27.9 Å². The molecule has 0 unspecified atom stereocenters. The van der Waals surface area contributed by atoms with Crippen LogP contribution in [0.5, 0.6) is 0 Å². The van der Waals surface area contributed by atoms with Crippen molar-refractivity contribution in [2.75, 3.05) is 0 Å². The van der Waals surface area contributed by atoms with Crippen LogP contribution < -0.4 is 0 Å². The SMILES string of the molecule is CC(C)OC(=O)CC(=O)c1cccc(Cl)c1Cl. The van der Waals surface area contributed by atoms with Gasteiger partial charge >= 0.3 is 5.97 Å². The van der Waals surface area contributed by atoms with Crippen LogP contribution in [0.15, 0.2) is 18.2 Å². The Hall–Kier alpha value is -1.06. The summed E-state index contributed by atoms with van der Waals surface area (Å²) >= 11 is 11.7. The number of benzene rings is 1. The lowest BCUT2D eigenvalue weighted by Gasteiger charge is -2.08. The summed E-state index contributed by atoms with van der Waals surface area (Å²) in [6.07, 6.45) is -0.580. The van der Waals surface area contributed by atoms with Crippen molar-refractivity contribution in [3.8, 4) is 0 Å². The topological polar surface area (TPSA) is 43.4 Å². The van der Waals surface area contributed by atoms with E-state index in [-0.39, 0.29) is 28.1 Å². The minimum absolute atomic E-state index is 0.163. The van der Waals surface area contributed by atoms with Crippen LogP contribution >= 0.6 is 23.2 Å². The summed E-state index contributed by atoms with van der Waals surface area (Å²) in [6, 6.07) is 4.71. The molecule has 0 radical (unpaired) electrons. The minimum atomic E-state index is -0.568. The highest BCUT2D eigenvalue weighted by Gasteiger charge is 2.17. The van der Waals surface area contributed by atoms with Crippen molar-refractivity contribution in [1.82, 2.24) is 0 Å². The van der Waals surface area contributed by atoms with E-state index in [0.717, 1.165) is 0 Å². The summed E-state index contributed by atoms with van der Waals surface area (Å²) < 4.78 is 4.88. The van der Waals surface area contributed by atoms with Gasteiger partial charge in [-0.1, -0.05) is 29.3 Å². The number of hydrogen-bond acceptors (Lipinski definition) is 3. The first kappa shape index (κ1) is 14.0. The number of ketones is 1. The van der Waals surface area contributed by atoms with Gasteiger partial charge in [-0.05, 0) is 26.0 Å². The second kappa shape index (κ2) is 6.03. The van der Waals surface area contributed by atoms with E-state index in [1.807, 2.05) is 0 Å². The van der Waals surface area contributed by atoms with Crippen LogP contribution in [0.3, 0.4) is 0 Å². The number of halogens is 2. The Balaban J connectivity index is 2.77. The third-order valence-corrected chi connectivity index (χ3v) is 2.74. The maximum absolute atomic E-state index is 11.8. The van der Waals surface area contributed by atoms with Crippen molar-refractivity contribution in [3.63, 3.8) is 0 Å². The summed E-state index contributed by atoms with van der Waals surface area (Å²) in [5.41, 5.74) is 0.236. The second-order valence-electron chi connectivity index (χ2n) is 3.74. The van der Waals surface area contributed by atoms with Gasteiger partial charge in [0.1, 0.15) is 6.42 Å². The Bertz CT molecular complexity index is 441. The van der Waals surface area contributed by atoms with Crippen molar-refractivity contribution < 1.29 is 14.3 Å². The summed E-state index contributed by atoms with van der Waals surface area (Å²) in [7, 11) is 0. The van der Waals surface area contributed by atoms with E-state index < -0.39 is 11.8 Å². The van der Waals surface area contributed by atoms with Gasteiger partial charge in [-0.2, -0.15) is 0 Å². The number of carbonyl (C=O) groups is 2. The van der Waals surface area contributed by atoms with Crippen molar-refractivity contribution in [2.24, 2.45) is 0 Å². The van der Waals surface area contributed by atoms with Gasteiger partial charge in [0.15, 0.2) is 5.78 Å². The molecule has 0 heterocycles. The monoisotopic (exact) mass is 274 g/mol. The fourth-order valence-corrected chi connectivity index (χ4v) is 1.66. The molecule has 1 aromatic carbocycles. The van der Waals surface area contributed by atoms with E-state index in [1.54, 1.807) is 26.0 Å². The molecule has 0 aromatic heterocycles. The van der Waals surface area contributed by atoms with Crippen molar-refractivity contribution in [2.45, 2.75) is 26.4 Å². The molecule has 3 nitrogen and oxygen atoms in total. The molecule has 0 fully saturated rings. The quantitative estimate of drug-likeness (QED) is 0.479. The molecule has 0 spiro atoms. The van der Waals surface area contributed by atoms with Crippen molar-refractivity contribution in [3.05, 3.63) is 33.8 Å². The smallest absolute Gasteiger partial charge is 0.313 e. The molecule has 0 aliphatic carbocycles. The fourth-order valence-electron chi connectivity index (χ4n) is 1.25. The second-order valence-corrected chi connectivity index (χ2v) is 4.53. The number of ether oxygens (including phenoxy) is 1. The predicted octanol–water partition coefficient (Wildman–Crippen LogP) is 3.52. The Morgan fingerprint density at radius 2 is 1.94 bits per heavy atom. The number of Topliss-reactive ketones (excluding diaryl/α,β-unsaturated/α-hetero) is 1. The molecule has 0 aliphatic heterocycles. The van der Waals surface area contributed by atoms with Gasteiger partial charge in [0.05, 0.1) is 16.1 Å². The van der Waals surface area contributed by atoms with Crippen molar-refractivity contribution in [1.29, 1.82) is 0 Å². The fraction of sp³-hybridized carbons (Fsp3) is 0.333. The standard InChI is InChI=1S/C12H12Cl2O3/c1-7(2)17-11(16)6-10(15)8-4-3-5-9(13)12(8)14/h3-5,7H,6H2,1-2H3. The Kier molecular flexibility index (Phi) is 4.97. The normalized spacial score (nSPS) is 10.4. The molecule has 17 heavy (non-hydrogen) atoms. The summed E-state index contributed by atoms with van der Waals surface area (Å²) in [6.45, 7) is 3.43. The lowest BCUT2D eigenvalue weighted by Crippen LogP contribution is -2.15. The molecule has 0 N–H and O–H groups in total. The third kappa shape index (κ3) is 4.02. The highest BCUT2D eigenvalue weighted by atomic mass is 35.5. The molecule has 0 saturated heterocycles. The Morgan fingerprint density at radius 3 is 2.53 bits per heavy atom. The number of rotatable bonds is 4. The van der Waals surface area contributed by atoms with Crippen LogP contribution in [0.4, 0.5) is 0 Å². The van der Waals surface area contributed by atoms with E-state index in [1.165, 1.54) is 6.07 Å². The molecule has 0 atom stereocenters. The third-order valence-electron chi connectivity index (χ3n) is 1.92. The van der Waals surface area contributed by atoms with Crippen molar-refractivity contribution >= 4 is 35.0 Å². The van der Waals surface area contributed by atoms with E-state index in [9.17, 15) is 9.59 Å². The van der Waals surface area contributed by atoms with Gasteiger partial charge in [0, 0.05) is 5.56 Å². The largest absolute Gasteiger partial charge is 0.463 e. The maximum atomic E-state index is 11.8. The molecule has 92 valence electrons. The lowest BCUT2D eigenvalue weighted by atomic mass is 10.1.